The number of rotatable bonds is 6. The van der Waals surface area contributed by atoms with Gasteiger partial charge in [0.2, 0.25) is 0 Å². The van der Waals surface area contributed by atoms with Crippen LogP contribution in [0.5, 0.6) is 0 Å². The number of nitrogens with zero attached hydrogens (tertiary/aromatic N) is 4. The van der Waals surface area contributed by atoms with Gasteiger partial charge in [-0.05, 0) is 6.54 Å². The summed E-state index contributed by atoms with van der Waals surface area (Å²) in [7, 11) is 1.97. The van der Waals surface area contributed by atoms with E-state index >= 15 is 0 Å². The highest BCUT2D eigenvalue weighted by Crippen LogP contribution is 1.98. The van der Waals surface area contributed by atoms with Gasteiger partial charge in [-0.25, -0.2) is 4.98 Å². The molecule has 0 saturated heterocycles. The SMILES string of the molecule is CCN(CCc1nccn1C)C/C(N)=N/O. The topological polar surface area (TPSA) is 79.7 Å². The summed E-state index contributed by atoms with van der Waals surface area (Å²) < 4.78 is 2.00. The van der Waals surface area contributed by atoms with Crippen molar-refractivity contribution >= 4 is 5.84 Å². The third-order valence-electron chi connectivity index (χ3n) is 2.53. The highest BCUT2D eigenvalue weighted by atomic mass is 16.4. The number of hydrogen-bond acceptors (Lipinski definition) is 4. The third-order valence-corrected chi connectivity index (χ3v) is 2.53. The van der Waals surface area contributed by atoms with Gasteiger partial charge in [-0.3, -0.25) is 4.90 Å². The quantitative estimate of drug-likeness (QED) is 0.310. The highest BCUT2D eigenvalue weighted by Gasteiger charge is 2.07. The van der Waals surface area contributed by atoms with Crippen LogP contribution in [0.3, 0.4) is 0 Å². The molecule has 0 saturated carbocycles. The lowest BCUT2D eigenvalue weighted by Gasteiger charge is -2.18. The van der Waals surface area contributed by atoms with Crippen LogP contribution in [0, 0.1) is 0 Å². The van der Waals surface area contributed by atoms with E-state index in [-0.39, 0.29) is 5.84 Å². The lowest BCUT2D eigenvalue weighted by molar-refractivity contribution is 0.298. The summed E-state index contributed by atoms with van der Waals surface area (Å²) in [5, 5.41) is 11.5. The fraction of sp³-hybridized carbons (Fsp3) is 0.600. The number of aryl methyl sites for hydroxylation is 1. The van der Waals surface area contributed by atoms with Gasteiger partial charge in [0.15, 0.2) is 5.84 Å². The lowest BCUT2D eigenvalue weighted by Crippen LogP contribution is -2.35. The third kappa shape index (κ3) is 3.54. The largest absolute Gasteiger partial charge is 0.409 e. The van der Waals surface area contributed by atoms with Gasteiger partial charge in [0, 0.05) is 32.4 Å². The second kappa shape index (κ2) is 6.12. The summed E-state index contributed by atoms with van der Waals surface area (Å²) in [6, 6.07) is 0. The first-order valence-electron chi connectivity index (χ1n) is 5.32. The van der Waals surface area contributed by atoms with Crippen molar-refractivity contribution in [3.8, 4) is 0 Å². The minimum absolute atomic E-state index is 0.238. The Morgan fingerprint density at radius 2 is 2.44 bits per heavy atom. The lowest BCUT2D eigenvalue weighted by atomic mass is 10.3. The molecule has 1 heterocycles. The van der Waals surface area contributed by atoms with E-state index in [1.807, 2.05) is 24.7 Å². The van der Waals surface area contributed by atoms with Crippen molar-refractivity contribution in [1.29, 1.82) is 0 Å². The first kappa shape index (κ1) is 12.5. The number of hydrogen-bond donors (Lipinski definition) is 2. The van der Waals surface area contributed by atoms with Crippen molar-refractivity contribution < 1.29 is 5.21 Å². The van der Waals surface area contributed by atoms with Gasteiger partial charge in [-0.1, -0.05) is 12.1 Å². The molecule has 6 heteroatoms. The van der Waals surface area contributed by atoms with Crippen LogP contribution in [-0.4, -0.2) is 45.1 Å². The highest BCUT2D eigenvalue weighted by molar-refractivity contribution is 5.81. The van der Waals surface area contributed by atoms with E-state index in [2.05, 4.69) is 15.0 Å². The van der Waals surface area contributed by atoms with Crippen LogP contribution in [0.4, 0.5) is 0 Å². The summed E-state index contributed by atoms with van der Waals surface area (Å²) >= 11 is 0. The molecule has 0 aliphatic heterocycles. The van der Waals surface area contributed by atoms with E-state index in [1.165, 1.54) is 0 Å². The Hall–Kier alpha value is -1.56. The van der Waals surface area contributed by atoms with Gasteiger partial charge in [0.25, 0.3) is 0 Å². The van der Waals surface area contributed by atoms with E-state index < -0.39 is 0 Å². The van der Waals surface area contributed by atoms with Crippen LogP contribution >= 0.6 is 0 Å². The minimum atomic E-state index is 0.238. The number of oxime groups is 1. The van der Waals surface area contributed by atoms with Gasteiger partial charge in [0.1, 0.15) is 5.82 Å². The molecule has 1 rings (SSSR count). The molecule has 0 atom stereocenters. The fourth-order valence-electron chi connectivity index (χ4n) is 1.51. The molecule has 0 amide bonds. The zero-order chi connectivity index (χ0) is 12.0. The van der Waals surface area contributed by atoms with Crippen molar-refractivity contribution in [3.05, 3.63) is 18.2 Å². The zero-order valence-corrected chi connectivity index (χ0v) is 9.80. The van der Waals surface area contributed by atoms with Crippen molar-refractivity contribution in [2.75, 3.05) is 19.6 Å². The van der Waals surface area contributed by atoms with Gasteiger partial charge >= 0.3 is 0 Å². The van der Waals surface area contributed by atoms with Crippen molar-refractivity contribution in [3.63, 3.8) is 0 Å². The van der Waals surface area contributed by atoms with E-state index in [1.54, 1.807) is 6.20 Å². The predicted octanol–water partition coefficient (Wildman–Crippen LogP) is 0.0309. The van der Waals surface area contributed by atoms with Gasteiger partial charge in [-0.15, -0.1) is 0 Å². The molecule has 90 valence electrons. The molecule has 6 nitrogen and oxygen atoms in total. The molecule has 3 N–H and O–H groups in total. The van der Waals surface area contributed by atoms with Crippen molar-refractivity contribution in [2.24, 2.45) is 17.9 Å². The molecule has 0 radical (unpaired) electrons. The summed E-state index contributed by atoms with van der Waals surface area (Å²) in [5.41, 5.74) is 5.47. The predicted molar refractivity (Wildman–Crippen MR) is 62.4 cm³/mol. The van der Waals surface area contributed by atoms with Gasteiger partial charge in [-0.2, -0.15) is 0 Å². The van der Waals surface area contributed by atoms with Crippen LogP contribution in [0.25, 0.3) is 0 Å². The van der Waals surface area contributed by atoms with Gasteiger partial charge < -0.3 is 15.5 Å². The van der Waals surface area contributed by atoms with Crippen LogP contribution in [0.2, 0.25) is 0 Å². The summed E-state index contributed by atoms with van der Waals surface area (Å²) in [6.45, 7) is 4.23. The Bertz CT molecular complexity index is 347. The van der Waals surface area contributed by atoms with E-state index in [0.29, 0.717) is 6.54 Å². The first-order chi connectivity index (χ1) is 7.67. The molecule has 0 aliphatic carbocycles. The van der Waals surface area contributed by atoms with E-state index in [9.17, 15) is 0 Å². The Morgan fingerprint density at radius 1 is 1.69 bits per heavy atom. The van der Waals surface area contributed by atoms with Crippen LogP contribution in [0.15, 0.2) is 17.5 Å². The second-order valence-electron chi connectivity index (χ2n) is 3.66. The molecule has 1 aromatic rings. The molecule has 16 heavy (non-hydrogen) atoms. The maximum Gasteiger partial charge on any atom is 0.153 e. The Labute approximate surface area is 95.4 Å². The monoisotopic (exact) mass is 225 g/mol. The molecular weight excluding hydrogens is 206 g/mol. The van der Waals surface area contributed by atoms with Crippen LogP contribution in [0.1, 0.15) is 12.7 Å². The average Bonchev–Trinajstić information content (AvgIpc) is 2.69. The normalized spacial score (nSPS) is 12.3. The van der Waals surface area contributed by atoms with E-state index in [0.717, 1.165) is 25.3 Å². The summed E-state index contributed by atoms with van der Waals surface area (Å²) in [6.07, 6.45) is 4.57. The van der Waals surface area contributed by atoms with Crippen LogP contribution in [-0.2, 0) is 13.5 Å². The molecule has 0 spiro atoms. The number of nitrogens with two attached hydrogens (primary N) is 1. The molecular formula is C10H19N5O. The second-order valence-corrected chi connectivity index (χ2v) is 3.66. The Kier molecular flexibility index (Phi) is 4.78. The maximum absolute atomic E-state index is 8.50. The number of aromatic nitrogens is 2. The molecule has 0 bridgehead atoms. The maximum atomic E-state index is 8.50. The molecule has 0 aromatic carbocycles. The molecule has 0 fully saturated rings. The Balaban J connectivity index is 2.43. The van der Waals surface area contributed by atoms with Crippen LogP contribution < -0.4 is 5.73 Å². The average molecular weight is 225 g/mol. The summed E-state index contributed by atoms with van der Waals surface area (Å²) in [5.74, 6) is 1.28. The smallest absolute Gasteiger partial charge is 0.153 e. The van der Waals surface area contributed by atoms with E-state index in [4.69, 9.17) is 10.9 Å². The summed E-state index contributed by atoms with van der Waals surface area (Å²) in [4.78, 5) is 6.35. The zero-order valence-electron chi connectivity index (χ0n) is 9.80. The number of amidine groups is 1. The van der Waals surface area contributed by atoms with Gasteiger partial charge in [0.05, 0.1) is 6.54 Å². The standard InChI is InChI=1S/C10H19N5O/c1-3-15(8-9(11)13-16)6-4-10-12-5-7-14(10)2/h5,7,16H,3-4,6,8H2,1-2H3,(H2,11,13). The number of imidazole rings is 1. The van der Waals surface area contributed by atoms with Crippen molar-refractivity contribution in [1.82, 2.24) is 14.5 Å². The minimum Gasteiger partial charge on any atom is -0.409 e. The molecule has 0 unspecified atom stereocenters. The molecule has 1 aromatic heterocycles. The first-order valence-corrected chi connectivity index (χ1v) is 5.32. The number of likely N-dealkylation sites (N-methyl/N-ethyl adjacent to an activating group) is 1. The Morgan fingerprint density at radius 3 is 2.94 bits per heavy atom. The fourth-order valence-corrected chi connectivity index (χ4v) is 1.51. The van der Waals surface area contributed by atoms with Crippen molar-refractivity contribution in [2.45, 2.75) is 13.3 Å². The molecule has 0 aliphatic rings.